The minimum absolute atomic E-state index is 0.150. The summed E-state index contributed by atoms with van der Waals surface area (Å²) in [6.07, 6.45) is 0. The molecule has 4 nitrogen and oxygen atoms in total. The van der Waals surface area contributed by atoms with Crippen LogP contribution < -0.4 is 10.9 Å². The minimum Gasteiger partial charge on any atom is -0.438 e. The third-order valence-electron chi connectivity index (χ3n) is 3.02. The molecule has 0 aliphatic heterocycles. The second kappa shape index (κ2) is 5.54. The molecule has 0 radical (unpaired) electrons. The highest BCUT2D eigenvalue weighted by molar-refractivity contribution is 9.10. The van der Waals surface area contributed by atoms with E-state index in [-0.39, 0.29) is 17.0 Å². The quantitative estimate of drug-likeness (QED) is 0.740. The number of benzene rings is 2. The fourth-order valence-corrected chi connectivity index (χ4v) is 2.24. The van der Waals surface area contributed by atoms with Crippen molar-refractivity contribution in [3.8, 4) is 0 Å². The van der Waals surface area contributed by atoms with Crippen LogP contribution >= 0.6 is 15.9 Å². The van der Waals surface area contributed by atoms with E-state index < -0.39 is 0 Å². The van der Waals surface area contributed by atoms with Crippen LogP contribution in [0.15, 0.2) is 63.5 Å². The van der Waals surface area contributed by atoms with E-state index in [1.165, 1.54) is 0 Å². The number of carbonyl (C=O) groups is 1. The number of fused-ring (bicyclic) bond motifs is 1. The Hall–Kier alpha value is -2.40. The van der Waals surface area contributed by atoms with Crippen LogP contribution in [0, 0.1) is 5.41 Å². The van der Waals surface area contributed by atoms with Gasteiger partial charge in [-0.15, -0.1) is 0 Å². The van der Waals surface area contributed by atoms with Crippen LogP contribution in [-0.4, -0.2) is 5.91 Å². The second-order valence-electron chi connectivity index (χ2n) is 4.49. The van der Waals surface area contributed by atoms with Crippen molar-refractivity contribution in [3.63, 3.8) is 0 Å². The lowest BCUT2D eigenvalue weighted by Crippen LogP contribution is -2.20. The third-order valence-corrected chi connectivity index (χ3v) is 3.55. The fraction of sp³-hybridized carbons (Fsp3) is 0. The first kappa shape index (κ1) is 13.6. The van der Waals surface area contributed by atoms with E-state index >= 15 is 0 Å². The molecular formula is C16H11BrN2O2. The van der Waals surface area contributed by atoms with Crippen molar-refractivity contribution < 1.29 is 9.21 Å². The summed E-state index contributed by atoms with van der Waals surface area (Å²) in [6, 6.07) is 16.2. The van der Waals surface area contributed by atoms with Gasteiger partial charge >= 0.3 is 0 Å². The maximum Gasteiger partial charge on any atom is 0.261 e. The molecule has 1 amide bonds. The molecule has 2 N–H and O–H groups in total. The Morgan fingerprint density at radius 3 is 2.57 bits per heavy atom. The van der Waals surface area contributed by atoms with Crippen molar-refractivity contribution >= 4 is 38.5 Å². The predicted molar refractivity (Wildman–Crippen MR) is 84.2 cm³/mol. The normalized spacial score (nSPS) is 10.5. The van der Waals surface area contributed by atoms with Gasteiger partial charge in [0, 0.05) is 15.5 Å². The number of anilines is 1. The SMILES string of the molecule is N=c1oc2ccccc2cc1C(=O)Nc1ccc(Br)cc1. The molecule has 0 aliphatic rings. The molecule has 3 rings (SSSR count). The Labute approximate surface area is 129 Å². The highest BCUT2D eigenvalue weighted by Gasteiger charge is 2.11. The van der Waals surface area contributed by atoms with Gasteiger partial charge in [-0.3, -0.25) is 10.2 Å². The van der Waals surface area contributed by atoms with Gasteiger partial charge in [0.15, 0.2) is 0 Å². The standard InChI is InChI=1S/C16H11BrN2O2/c17-11-5-7-12(8-6-11)19-16(20)13-9-10-3-1-2-4-14(10)21-15(13)18/h1-9,18H,(H,19,20). The number of para-hydroxylation sites is 1. The van der Waals surface area contributed by atoms with Crippen molar-refractivity contribution in [1.82, 2.24) is 0 Å². The van der Waals surface area contributed by atoms with E-state index in [1.54, 1.807) is 24.3 Å². The van der Waals surface area contributed by atoms with Crippen LogP contribution in [0.3, 0.4) is 0 Å². The van der Waals surface area contributed by atoms with Crippen LogP contribution in [0.2, 0.25) is 0 Å². The Balaban J connectivity index is 1.95. The van der Waals surface area contributed by atoms with Gasteiger partial charge in [0.1, 0.15) is 11.1 Å². The molecule has 3 aromatic rings. The second-order valence-corrected chi connectivity index (χ2v) is 5.40. The summed E-state index contributed by atoms with van der Waals surface area (Å²) in [4.78, 5) is 12.3. The van der Waals surface area contributed by atoms with Crippen LogP contribution in [0.1, 0.15) is 10.4 Å². The zero-order chi connectivity index (χ0) is 14.8. The number of amides is 1. The Bertz CT molecular complexity index is 869. The van der Waals surface area contributed by atoms with Crippen LogP contribution in [0.4, 0.5) is 5.69 Å². The van der Waals surface area contributed by atoms with Gasteiger partial charge in [-0.05, 0) is 36.4 Å². The van der Waals surface area contributed by atoms with Gasteiger partial charge in [-0.25, -0.2) is 0 Å². The molecule has 104 valence electrons. The van der Waals surface area contributed by atoms with Gasteiger partial charge in [0.2, 0.25) is 5.55 Å². The topological polar surface area (TPSA) is 66.1 Å². The maximum atomic E-state index is 12.3. The van der Waals surface area contributed by atoms with Crippen molar-refractivity contribution in [1.29, 1.82) is 5.41 Å². The number of carbonyl (C=O) groups excluding carboxylic acids is 1. The highest BCUT2D eigenvalue weighted by Crippen LogP contribution is 2.16. The summed E-state index contributed by atoms with van der Waals surface area (Å²) in [5, 5.41) is 11.4. The first-order valence-electron chi connectivity index (χ1n) is 6.28. The van der Waals surface area contributed by atoms with Crippen LogP contribution in [0.5, 0.6) is 0 Å². The summed E-state index contributed by atoms with van der Waals surface area (Å²) in [5.74, 6) is -0.364. The highest BCUT2D eigenvalue weighted by atomic mass is 79.9. The lowest BCUT2D eigenvalue weighted by molar-refractivity contribution is 0.102. The van der Waals surface area contributed by atoms with E-state index in [0.29, 0.717) is 11.3 Å². The Morgan fingerprint density at radius 2 is 1.81 bits per heavy atom. The number of nitrogens with one attached hydrogen (secondary N) is 2. The predicted octanol–water partition coefficient (Wildman–Crippen LogP) is 3.93. The molecule has 0 saturated heterocycles. The van der Waals surface area contributed by atoms with E-state index in [2.05, 4.69) is 21.2 Å². The summed E-state index contributed by atoms with van der Waals surface area (Å²) in [5.41, 5.74) is 1.30. The summed E-state index contributed by atoms with van der Waals surface area (Å²) in [7, 11) is 0. The van der Waals surface area contributed by atoms with Crippen LogP contribution in [-0.2, 0) is 0 Å². The minimum atomic E-state index is -0.364. The fourth-order valence-electron chi connectivity index (χ4n) is 1.98. The van der Waals surface area contributed by atoms with E-state index in [1.807, 2.05) is 30.3 Å². The lowest BCUT2D eigenvalue weighted by Gasteiger charge is -2.06. The average Bonchev–Trinajstić information content (AvgIpc) is 2.49. The van der Waals surface area contributed by atoms with E-state index in [9.17, 15) is 4.79 Å². The molecule has 0 bridgehead atoms. The molecular weight excluding hydrogens is 332 g/mol. The molecule has 0 fully saturated rings. The lowest BCUT2D eigenvalue weighted by atomic mass is 10.1. The molecule has 5 heteroatoms. The van der Waals surface area contributed by atoms with Gasteiger partial charge in [-0.1, -0.05) is 34.1 Å². The van der Waals surface area contributed by atoms with Crippen molar-refractivity contribution in [2.75, 3.05) is 5.32 Å². The van der Waals surface area contributed by atoms with Gasteiger partial charge in [0.25, 0.3) is 5.91 Å². The van der Waals surface area contributed by atoms with Crippen molar-refractivity contribution in [2.24, 2.45) is 0 Å². The van der Waals surface area contributed by atoms with Crippen molar-refractivity contribution in [3.05, 3.63) is 70.2 Å². The summed E-state index contributed by atoms with van der Waals surface area (Å²) in [6.45, 7) is 0. The first-order valence-corrected chi connectivity index (χ1v) is 7.07. The maximum absolute atomic E-state index is 12.3. The number of hydrogen-bond donors (Lipinski definition) is 2. The molecule has 1 heterocycles. The van der Waals surface area contributed by atoms with E-state index in [0.717, 1.165) is 9.86 Å². The van der Waals surface area contributed by atoms with Gasteiger partial charge in [0.05, 0.1) is 0 Å². The van der Waals surface area contributed by atoms with Gasteiger partial charge in [-0.2, -0.15) is 0 Å². The summed E-state index contributed by atoms with van der Waals surface area (Å²) >= 11 is 3.34. The monoisotopic (exact) mass is 342 g/mol. The Kier molecular flexibility index (Phi) is 3.58. The average molecular weight is 343 g/mol. The molecule has 0 atom stereocenters. The largest absolute Gasteiger partial charge is 0.438 e. The third kappa shape index (κ3) is 2.87. The van der Waals surface area contributed by atoms with Gasteiger partial charge < -0.3 is 9.73 Å². The van der Waals surface area contributed by atoms with Crippen molar-refractivity contribution in [2.45, 2.75) is 0 Å². The summed E-state index contributed by atoms with van der Waals surface area (Å²) < 4.78 is 6.30. The molecule has 1 aromatic heterocycles. The zero-order valence-electron chi connectivity index (χ0n) is 10.9. The molecule has 0 spiro atoms. The number of halogens is 1. The molecule has 0 aliphatic carbocycles. The molecule has 21 heavy (non-hydrogen) atoms. The smallest absolute Gasteiger partial charge is 0.261 e. The molecule has 0 saturated carbocycles. The number of rotatable bonds is 2. The molecule has 0 unspecified atom stereocenters. The zero-order valence-corrected chi connectivity index (χ0v) is 12.5. The van der Waals surface area contributed by atoms with Crippen LogP contribution in [0.25, 0.3) is 11.0 Å². The van der Waals surface area contributed by atoms with E-state index in [4.69, 9.17) is 9.83 Å². The number of hydrogen-bond acceptors (Lipinski definition) is 3. The molecule has 2 aromatic carbocycles. The Morgan fingerprint density at radius 1 is 1.10 bits per heavy atom. The first-order chi connectivity index (χ1) is 10.1.